The lowest BCUT2D eigenvalue weighted by Crippen LogP contribution is -2.47. The van der Waals surface area contributed by atoms with Crippen molar-refractivity contribution in [1.29, 1.82) is 0 Å². The standard InChI is InChI=1S/C28H48N6O7/c1-4-22(35)30-14-8-6-10-20(12-16-32-23(36)5-2)27(40)33-21(26(29)39)11-7-9-15-31-24(37)13-17-34-25(38)18-19(3)28(34)41/h19-21H,4-18H2,1-3H3,(H2,29,39)(H,30,35)(H,31,37)(H,32,36)(H,33,40). The van der Waals surface area contributed by atoms with Crippen LogP contribution in [0.3, 0.4) is 0 Å². The Bertz CT molecular complexity index is 926. The molecule has 0 aliphatic carbocycles. The Hall–Kier alpha value is -3.51. The summed E-state index contributed by atoms with van der Waals surface area (Å²) in [4.78, 5) is 85.1. The van der Waals surface area contributed by atoms with Gasteiger partial charge in [-0.1, -0.05) is 27.2 Å². The maximum atomic E-state index is 13.0. The summed E-state index contributed by atoms with van der Waals surface area (Å²) in [7, 11) is 0. The first-order chi connectivity index (χ1) is 19.5. The molecule has 1 fully saturated rings. The van der Waals surface area contributed by atoms with E-state index in [1.165, 1.54) is 0 Å². The van der Waals surface area contributed by atoms with Crippen LogP contribution >= 0.6 is 0 Å². The van der Waals surface area contributed by atoms with Crippen LogP contribution in [-0.4, -0.2) is 78.5 Å². The van der Waals surface area contributed by atoms with Crippen LogP contribution < -0.4 is 27.0 Å². The molecule has 3 unspecified atom stereocenters. The number of carbonyl (C=O) groups excluding carboxylic acids is 7. The molecule has 6 N–H and O–H groups in total. The number of nitrogens with two attached hydrogens (primary N) is 1. The zero-order chi connectivity index (χ0) is 30.8. The van der Waals surface area contributed by atoms with Gasteiger partial charge in [-0.25, -0.2) is 0 Å². The van der Waals surface area contributed by atoms with E-state index in [0.717, 1.165) is 4.90 Å². The van der Waals surface area contributed by atoms with E-state index in [1.807, 2.05) is 0 Å². The molecule has 0 radical (unpaired) electrons. The molecule has 0 spiro atoms. The van der Waals surface area contributed by atoms with Gasteiger partial charge in [0.25, 0.3) is 0 Å². The van der Waals surface area contributed by atoms with Crippen LogP contribution in [-0.2, 0) is 33.6 Å². The number of likely N-dealkylation sites (tertiary alicyclic amines) is 1. The van der Waals surface area contributed by atoms with Crippen molar-refractivity contribution >= 4 is 41.4 Å². The first-order valence-electron chi connectivity index (χ1n) is 14.7. The van der Waals surface area contributed by atoms with Crippen molar-refractivity contribution in [2.24, 2.45) is 17.6 Å². The Morgan fingerprint density at radius 2 is 1.39 bits per heavy atom. The first kappa shape index (κ1) is 35.5. The molecule has 0 aromatic heterocycles. The number of imide groups is 1. The van der Waals surface area contributed by atoms with Gasteiger partial charge < -0.3 is 27.0 Å². The summed E-state index contributed by atoms with van der Waals surface area (Å²) in [5.41, 5.74) is 5.54. The van der Waals surface area contributed by atoms with Gasteiger partial charge in [-0.2, -0.15) is 0 Å². The highest BCUT2D eigenvalue weighted by atomic mass is 16.2. The summed E-state index contributed by atoms with van der Waals surface area (Å²) in [5.74, 6) is -2.69. The number of carbonyl (C=O) groups is 7. The van der Waals surface area contributed by atoms with Crippen LogP contribution in [0.2, 0.25) is 0 Å². The quantitative estimate of drug-likeness (QED) is 0.0947. The van der Waals surface area contributed by atoms with Crippen molar-refractivity contribution in [2.45, 2.75) is 97.4 Å². The molecular weight excluding hydrogens is 532 g/mol. The van der Waals surface area contributed by atoms with E-state index < -0.39 is 17.9 Å². The average Bonchev–Trinajstić information content (AvgIpc) is 3.18. The monoisotopic (exact) mass is 580 g/mol. The van der Waals surface area contributed by atoms with Gasteiger partial charge in [0.15, 0.2) is 0 Å². The normalized spacial score (nSPS) is 16.2. The van der Waals surface area contributed by atoms with E-state index in [-0.39, 0.29) is 60.7 Å². The molecule has 232 valence electrons. The van der Waals surface area contributed by atoms with E-state index in [9.17, 15) is 33.6 Å². The molecule has 1 rings (SSSR count). The summed E-state index contributed by atoms with van der Waals surface area (Å²) in [6.45, 7) is 6.44. The van der Waals surface area contributed by atoms with Crippen LogP contribution in [0, 0.1) is 11.8 Å². The topological polar surface area (TPSA) is 197 Å². The average molecular weight is 581 g/mol. The Balaban J connectivity index is 2.46. The van der Waals surface area contributed by atoms with Gasteiger partial charge in [0, 0.05) is 63.7 Å². The zero-order valence-corrected chi connectivity index (χ0v) is 24.7. The third-order valence-corrected chi connectivity index (χ3v) is 7.06. The number of primary amides is 1. The second kappa shape index (κ2) is 19.5. The predicted molar refractivity (Wildman–Crippen MR) is 152 cm³/mol. The summed E-state index contributed by atoms with van der Waals surface area (Å²) >= 11 is 0. The van der Waals surface area contributed by atoms with E-state index >= 15 is 0 Å². The highest BCUT2D eigenvalue weighted by Crippen LogP contribution is 2.18. The maximum Gasteiger partial charge on any atom is 0.239 e. The van der Waals surface area contributed by atoms with Crippen LogP contribution in [0.1, 0.15) is 91.4 Å². The third-order valence-electron chi connectivity index (χ3n) is 7.06. The predicted octanol–water partition coefficient (Wildman–Crippen LogP) is 0.257. The molecule has 0 saturated carbocycles. The van der Waals surface area contributed by atoms with Gasteiger partial charge in [0.1, 0.15) is 6.04 Å². The van der Waals surface area contributed by atoms with Crippen molar-refractivity contribution in [3.63, 3.8) is 0 Å². The Morgan fingerprint density at radius 1 is 0.829 bits per heavy atom. The number of rotatable bonds is 21. The molecule has 41 heavy (non-hydrogen) atoms. The van der Waals surface area contributed by atoms with Crippen LogP contribution in [0.4, 0.5) is 0 Å². The van der Waals surface area contributed by atoms with Crippen molar-refractivity contribution in [1.82, 2.24) is 26.2 Å². The number of amides is 7. The molecule has 0 aromatic rings. The fourth-order valence-corrected chi connectivity index (χ4v) is 4.45. The van der Waals surface area contributed by atoms with Gasteiger partial charge in [-0.3, -0.25) is 38.5 Å². The number of nitrogens with one attached hydrogen (secondary N) is 4. The lowest BCUT2D eigenvalue weighted by Gasteiger charge is -2.21. The first-order valence-corrected chi connectivity index (χ1v) is 14.7. The fraction of sp³-hybridized carbons (Fsp3) is 0.750. The summed E-state index contributed by atoms with van der Waals surface area (Å²) in [6, 6.07) is -0.871. The van der Waals surface area contributed by atoms with Crippen molar-refractivity contribution in [3.05, 3.63) is 0 Å². The SMILES string of the molecule is CCC(=O)NCCCCC(CCNC(=O)CC)C(=O)NC(CCCCNC(=O)CCN1C(=O)CC(C)C1=O)C(N)=O. The largest absolute Gasteiger partial charge is 0.368 e. The molecule has 3 atom stereocenters. The summed E-state index contributed by atoms with van der Waals surface area (Å²) in [5, 5.41) is 11.1. The van der Waals surface area contributed by atoms with Gasteiger partial charge in [0.2, 0.25) is 41.4 Å². The highest BCUT2D eigenvalue weighted by molar-refractivity contribution is 6.03. The van der Waals surface area contributed by atoms with Crippen LogP contribution in [0.15, 0.2) is 0 Å². The maximum absolute atomic E-state index is 13.0. The highest BCUT2D eigenvalue weighted by Gasteiger charge is 2.35. The second-order valence-corrected chi connectivity index (χ2v) is 10.4. The minimum absolute atomic E-state index is 0.0231. The van der Waals surface area contributed by atoms with Crippen molar-refractivity contribution in [2.75, 3.05) is 26.2 Å². The molecule has 1 aliphatic rings. The summed E-state index contributed by atoms with van der Waals surface area (Å²) < 4.78 is 0. The molecule has 13 heteroatoms. The second-order valence-electron chi connectivity index (χ2n) is 10.4. The molecule has 1 aliphatic heterocycles. The van der Waals surface area contributed by atoms with Crippen LogP contribution in [0.25, 0.3) is 0 Å². The van der Waals surface area contributed by atoms with Gasteiger partial charge in [0.05, 0.1) is 0 Å². The van der Waals surface area contributed by atoms with E-state index in [0.29, 0.717) is 77.4 Å². The molecule has 0 bridgehead atoms. The van der Waals surface area contributed by atoms with Crippen LogP contribution in [0.5, 0.6) is 0 Å². The number of hydrogen-bond donors (Lipinski definition) is 5. The Morgan fingerprint density at radius 3 is 1.93 bits per heavy atom. The zero-order valence-electron chi connectivity index (χ0n) is 24.7. The van der Waals surface area contributed by atoms with Crippen molar-refractivity contribution < 1.29 is 33.6 Å². The smallest absolute Gasteiger partial charge is 0.239 e. The summed E-state index contributed by atoms with van der Waals surface area (Å²) in [6.07, 6.45) is 4.63. The van der Waals surface area contributed by atoms with Crippen molar-refractivity contribution in [3.8, 4) is 0 Å². The molecular formula is C28H48N6O7. The lowest BCUT2D eigenvalue weighted by atomic mass is 9.96. The van der Waals surface area contributed by atoms with E-state index in [1.54, 1.807) is 20.8 Å². The third kappa shape index (κ3) is 14.1. The fourth-order valence-electron chi connectivity index (χ4n) is 4.45. The lowest BCUT2D eigenvalue weighted by molar-refractivity contribution is -0.139. The molecule has 1 saturated heterocycles. The van der Waals surface area contributed by atoms with E-state index in [2.05, 4.69) is 21.3 Å². The van der Waals surface area contributed by atoms with Gasteiger partial charge >= 0.3 is 0 Å². The molecule has 0 aromatic carbocycles. The number of nitrogens with zero attached hydrogens (tertiary/aromatic N) is 1. The van der Waals surface area contributed by atoms with Gasteiger partial charge in [-0.15, -0.1) is 0 Å². The Kier molecular flexibility index (Phi) is 16.9. The molecule has 7 amide bonds. The molecule has 13 nitrogen and oxygen atoms in total. The van der Waals surface area contributed by atoms with Gasteiger partial charge in [-0.05, 0) is 38.5 Å². The van der Waals surface area contributed by atoms with E-state index in [4.69, 9.17) is 5.73 Å². The number of hydrogen-bond acceptors (Lipinski definition) is 7. The Labute approximate surface area is 242 Å². The molecule has 1 heterocycles. The number of unbranched alkanes of at least 4 members (excludes halogenated alkanes) is 2. The minimum atomic E-state index is -0.871. The minimum Gasteiger partial charge on any atom is -0.368 e.